The summed E-state index contributed by atoms with van der Waals surface area (Å²) in [4.78, 5) is 2.54. The van der Waals surface area contributed by atoms with E-state index < -0.39 is 10.0 Å². The number of rotatable bonds is 2. The van der Waals surface area contributed by atoms with E-state index in [9.17, 15) is 8.42 Å². The molecule has 2 atom stereocenters. The Morgan fingerprint density at radius 1 is 1.24 bits per heavy atom. The van der Waals surface area contributed by atoms with Crippen molar-refractivity contribution in [2.24, 2.45) is 11.8 Å². The van der Waals surface area contributed by atoms with E-state index in [2.05, 4.69) is 11.9 Å². The molecule has 0 aromatic carbocycles. The molecule has 3 rings (SSSR count). The Kier molecular flexibility index (Phi) is 2.53. The van der Waals surface area contributed by atoms with Gasteiger partial charge in [-0.15, -0.1) is 0 Å². The zero-order chi connectivity index (χ0) is 12.0. The maximum atomic E-state index is 12.3. The summed E-state index contributed by atoms with van der Waals surface area (Å²) in [7, 11) is -1.24. The van der Waals surface area contributed by atoms with Gasteiger partial charge in [0.25, 0.3) is 0 Å². The first-order chi connectivity index (χ1) is 8.07. The predicted molar refractivity (Wildman–Crippen MR) is 61.9 cm³/mol. The van der Waals surface area contributed by atoms with Crippen LogP contribution in [-0.2, 0) is 10.0 Å². The maximum absolute atomic E-state index is 12.3. The summed E-state index contributed by atoms with van der Waals surface area (Å²) >= 11 is 0. The van der Waals surface area contributed by atoms with Crippen LogP contribution in [0.4, 0.5) is 0 Å². The third-order valence-electron chi connectivity index (χ3n) is 3.77. The van der Waals surface area contributed by atoms with E-state index in [1.807, 2.05) is 0 Å². The summed E-state index contributed by atoms with van der Waals surface area (Å²) in [5.41, 5.74) is 0. The summed E-state index contributed by atoms with van der Waals surface area (Å²) < 4.78 is 31.0. The summed E-state index contributed by atoms with van der Waals surface area (Å²) in [6.45, 7) is 3.29. The molecular weight excluding hydrogens is 240 g/mol. The van der Waals surface area contributed by atoms with Crippen LogP contribution in [0.1, 0.15) is 0 Å². The number of likely N-dealkylation sites (tertiary alicyclic amines) is 1. The number of furan rings is 1. The van der Waals surface area contributed by atoms with Gasteiger partial charge in [-0.3, -0.25) is 0 Å². The Hall–Kier alpha value is -0.850. The Morgan fingerprint density at radius 2 is 1.88 bits per heavy atom. The largest absolute Gasteiger partial charge is 0.471 e. The summed E-state index contributed by atoms with van der Waals surface area (Å²) in [5.74, 6) is 0.975. The van der Waals surface area contributed by atoms with Crippen LogP contribution < -0.4 is 0 Å². The van der Waals surface area contributed by atoms with Crippen LogP contribution in [0, 0.1) is 11.8 Å². The van der Waals surface area contributed by atoms with Gasteiger partial charge in [0.05, 0.1) is 6.26 Å². The molecule has 2 saturated heterocycles. The third kappa shape index (κ3) is 1.80. The van der Waals surface area contributed by atoms with Gasteiger partial charge in [-0.05, 0) is 24.9 Å². The minimum absolute atomic E-state index is 0.269. The van der Waals surface area contributed by atoms with Gasteiger partial charge in [0, 0.05) is 26.2 Å². The SMILES string of the molecule is CN1C[C@@H]2CN(S(=O)(=O)c3ccoc3)C[C@@H]2C1. The first kappa shape index (κ1) is 11.3. The molecule has 1 aromatic rings. The highest BCUT2D eigenvalue weighted by Crippen LogP contribution is 2.33. The molecule has 17 heavy (non-hydrogen) atoms. The number of hydrogen-bond donors (Lipinski definition) is 0. The topological polar surface area (TPSA) is 53.8 Å². The van der Waals surface area contributed by atoms with Crippen molar-refractivity contribution >= 4 is 10.0 Å². The van der Waals surface area contributed by atoms with Crippen LogP contribution in [0.15, 0.2) is 27.9 Å². The number of hydrogen-bond acceptors (Lipinski definition) is 4. The number of nitrogens with zero attached hydrogens (tertiary/aromatic N) is 2. The van der Waals surface area contributed by atoms with Crippen LogP contribution in [0.25, 0.3) is 0 Å². The quantitative estimate of drug-likeness (QED) is 0.771. The maximum Gasteiger partial charge on any atom is 0.246 e. The van der Waals surface area contributed by atoms with E-state index in [1.165, 1.54) is 18.6 Å². The molecule has 0 bridgehead atoms. The highest BCUT2D eigenvalue weighted by Gasteiger charge is 2.43. The van der Waals surface area contributed by atoms with Crippen molar-refractivity contribution in [2.75, 3.05) is 33.2 Å². The average molecular weight is 256 g/mol. The predicted octanol–water partition coefficient (Wildman–Crippen LogP) is 0.462. The Balaban J connectivity index is 1.80. The summed E-state index contributed by atoms with van der Waals surface area (Å²) in [6.07, 6.45) is 2.70. The normalized spacial score (nSPS) is 30.9. The molecule has 94 valence electrons. The van der Waals surface area contributed by atoms with E-state index >= 15 is 0 Å². The van der Waals surface area contributed by atoms with E-state index in [1.54, 1.807) is 4.31 Å². The van der Waals surface area contributed by atoms with Crippen molar-refractivity contribution in [3.05, 3.63) is 18.6 Å². The lowest BCUT2D eigenvalue weighted by molar-refractivity contribution is 0.349. The Bertz CT molecular complexity index is 483. The molecule has 0 amide bonds. The smallest absolute Gasteiger partial charge is 0.246 e. The molecule has 2 aliphatic heterocycles. The lowest BCUT2D eigenvalue weighted by Gasteiger charge is -2.18. The van der Waals surface area contributed by atoms with Gasteiger partial charge in [-0.1, -0.05) is 0 Å². The fourth-order valence-electron chi connectivity index (χ4n) is 2.93. The van der Waals surface area contributed by atoms with Crippen LogP contribution >= 0.6 is 0 Å². The molecule has 1 aromatic heterocycles. The number of fused-ring (bicyclic) bond motifs is 1. The van der Waals surface area contributed by atoms with Crippen molar-refractivity contribution in [3.63, 3.8) is 0 Å². The Labute approximate surface area is 101 Å². The first-order valence-corrected chi connectivity index (χ1v) is 7.22. The first-order valence-electron chi connectivity index (χ1n) is 5.78. The van der Waals surface area contributed by atoms with Gasteiger partial charge in [-0.25, -0.2) is 8.42 Å². The molecule has 0 N–H and O–H groups in total. The van der Waals surface area contributed by atoms with E-state index in [4.69, 9.17) is 4.42 Å². The highest BCUT2D eigenvalue weighted by atomic mass is 32.2. The lowest BCUT2D eigenvalue weighted by atomic mass is 10.0. The van der Waals surface area contributed by atoms with Crippen molar-refractivity contribution in [3.8, 4) is 0 Å². The van der Waals surface area contributed by atoms with Crippen molar-refractivity contribution < 1.29 is 12.8 Å². The van der Waals surface area contributed by atoms with Gasteiger partial charge < -0.3 is 9.32 Å². The van der Waals surface area contributed by atoms with Gasteiger partial charge >= 0.3 is 0 Å². The molecule has 0 saturated carbocycles. The van der Waals surface area contributed by atoms with Crippen molar-refractivity contribution in [1.29, 1.82) is 0 Å². The van der Waals surface area contributed by atoms with Crippen LogP contribution in [0.3, 0.4) is 0 Å². The molecule has 3 heterocycles. The molecule has 0 spiro atoms. The fourth-order valence-corrected chi connectivity index (χ4v) is 4.41. The van der Waals surface area contributed by atoms with E-state index in [0.717, 1.165) is 13.1 Å². The molecule has 2 aliphatic rings. The summed E-state index contributed by atoms with van der Waals surface area (Å²) in [5, 5.41) is 0. The molecular formula is C11H16N2O3S. The van der Waals surface area contributed by atoms with E-state index in [0.29, 0.717) is 24.9 Å². The molecule has 0 radical (unpaired) electrons. The van der Waals surface area contributed by atoms with Gasteiger partial charge in [0.15, 0.2) is 0 Å². The van der Waals surface area contributed by atoms with Crippen LogP contribution in [0.2, 0.25) is 0 Å². The second-order valence-electron chi connectivity index (χ2n) is 5.02. The zero-order valence-corrected chi connectivity index (χ0v) is 10.6. The standard InChI is InChI=1S/C11H16N2O3S/c1-12-4-9-6-13(7-10(9)5-12)17(14,15)11-2-3-16-8-11/h2-3,8-10H,4-7H2,1H3/t9-,10+. The van der Waals surface area contributed by atoms with Gasteiger partial charge in [0.2, 0.25) is 10.0 Å². The lowest BCUT2D eigenvalue weighted by Crippen LogP contribution is -2.32. The number of sulfonamides is 1. The average Bonchev–Trinajstić information content (AvgIpc) is 2.88. The molecule has 6 heteroatoms. The van der Waals surface area contributed by atoms with Gasteiger partial charge in [0.1, 0.15) is 11.2 Å². The fraction of sp³-hybridized carbons (Fsp3) is 0.636. The van der Waals surface area contributed by atoms with Crippen molar-refractivity contribution in [2.45, 2.75) is 4.90 Å². The molecule has 0 aliphatic carbocycles. The van der Waals surface area contributed by atoms with Crippen LogP contribution in [0.5, 0.6) is 0 Å². The van der Waals surface area contributed by atoms with Gasteiger partial charge in [-0.2, -0.15) is 4.31 Å². The molecule has 5 nitrogen and oxygen atoms in total. The second kappa shape index (κ2) is 3.83. The van der Waals surface area contributed by atoms with Crippen molar-refractivity contribution in [1.82, 2.24) is 9.21 Å². The molecule has 2 fully saturated rings. The monoisotopic (exact) mass is 256 g/mol. The summed E-state index contributed by atoms with van der Waals surface area (Å²) in [6, 6.07) is 1.51. The Morgan fingerprint density at radius 3 is 2.41 bits per heavy atom. The third-order valence-corrected chi connectivity index (χ3v) is 5.57. The minimum atomic E-state index is -3.33. The van der Waals surface area contributed by atoms with E-state index in [-0.39, 0.29) is 4.90 Å². The highest BCUT2D eigenvalue weighted by molar-refractivity contribution is 7.89. The zero-order valence-electron chi connectivity index (χ0n) is 9.74. The minimum Gasteiger partial charge on any atom is -0.471 e. The second-order valence-corrected chi connectivity index (χ2v) is 6.96. The molecule has 0 unspecified atom stereocenters. The van der Waals surface area contributed by atoms with Crippen LogP contribution in [-0.4, -0.2) is 50.8 Å².